The molecule has 0 spiro atoms. The molecule has 1 N–H and O–H groups in total. The van der Waals surface area contributed by atoms with Crippen molar-refractivity contribution < 1.29 is 9.18 Å². The summed E-state index contributed by atoms with van der Waals surface area (Å²) in [7, 11) is 0. The van der Waals surface area contributed by atoms with E-state index >= 15 is 0 Å². The molecule has 1 aromatic heterocycles. The number of anilines is 2. The van der Waals surface area contributed by atoms with Crippen molar-refractivity contribution >= 4 is 17.4 Å². The summed E-state index contributed by atoms with van der Waals surface area (Å²) in [4.78, 5) is 25.4. The van der Waals surface area contributed by atoms with Gasteiger partial charge in [0.15, 0.2) is 0 Å². The van der Waals surface area contributed by atoms with E-state index in [9.17, 15) is 9.18 Å². The van der Waals surface area contributed by atoms with Crippen LogP contribution in [0.4, 0.5) is 15.9 Å². The maximum Gasteiger partial charge on any atom is 0.272 e. The van der Waals surface area contributed by atoms with E-state index in [0.29, 0.717) is 36.1 Å². The molecule has 7 heteroatoms. The molecule has 0 bridgehead atoms. The van der Waals surface area contributed by atoms with Crippen molar-refractivity contribution in [2.45, 2.75) is 13.8 Å². The van der Waals surface area contributed by atoms with Crippen molar-refractivity contribution in [1.82, 2.24) is 19.8 Å². The van der Waals surface area contributed by atoms with Gasteiger partial charge in [-0.3, -0.25) is 4.79 Å². The third-order valence-corrected chi connectivity index (χ3v) is 4.30. The van der Waals surface area contributed by atoms with E-state index in [0.717, 1.165) is 19.6 Å². The summed E-state index contributed by atoms with van der Waals surface area (Å²) >= 11 is 0. The summed E-state index contributed by atoms with van der Waals surface area (Å²) in [6.07, 6.45) is 0. The van der Waals surface area contributed by atoms with E-state index < -0.39 is 0 Å². The maximum atomic E-state index is 13.8. The first kappa shape index (κ1) is 17.3. The van der Waals surface area contributed by atoms with Crippen molar-refractivity contribution in [3.63, 3.8) is 0 Å². The number of nitrogens with one attached hydrogen (secondary N) is 1. The SMILES string of the molecule is CCN1CCN(C(=O)c2cc(Nc3ccccc3F)nc(C)n2)CC1. The van der Waals surface area contributed by atoms with Gasteiger partial charge in [0, 0.05) is 32.2 Å². The van der Waals surface area contributed by atoms with Crippen LogP contribution in [0.1, 0.15) is 23.2 Å². The third-order valence-electron chi connectivity index (χ3n) is 4.30. The Bertz CT molecular complexity index is 759. The zero-order chi connectivity index (χ0) is 17.8. The summed E-state index contributed by atoms with van der Waals surface area (Å²) in [6.45, 7) is 7.94. The van der Waals surface area contributed by atoms with Crippen LogP contribution in [0.5, 0.6) is 0 Å². The third kappa shape index (κ3) is 4.11. The molecule has 2 heterocycles. The van der Waals surface area contributed by atoms with E-state index in [1.807, 2.05) is 0 Å². The van der Waals surface area contributed by atoms with Crippen LogP contribution in [0.3, 0.4) is 0 Å². The standard InChI is InChI=1S/C18H22FN5O/c1-3-23-8-10-24(11-9-23)18(25)16-12-17(21-13(2)20-16)22-15-7-5-4-6-14(15)19/h4-7,12H,3,8-11H2,1-2H3,(H,20,21,22). The smallest absolute Gasteiger partial charge is 0.272 e. The second kappa shape index (κ2) is 7.57. The summed E-state index contributed by atoms with van der Waals surface area (Å²) in [5.74, 6) is 0.394. The Morgan fingerprint density at radius 3 is 2.60 bits per heavy atom. The highest BCUT2D eigenvalue weighted by atomic mass is 19.1. The lowest BCUT2D eigenvalue weighted by molar-refractivity contribution is 0.0637. The van der Waals surface area contributed by atoms with Crippen LogP contribution in [0, 0.1) is 12.7 Å². The number of benzene rings is 1. The van der Waals surface area contributed by atoms with Crippen molar-refractivity contribution in [3.8, 4) is 0 Å². The van der Waals surface area contributed by atoms with Crippen LogP contribution in [-0.4, -0.2) is 58.4 Å². The Morgan fingerprint density at radius 2 is 1.92 bits per heavy atom. The highest BCUT2D eigenvalue weighted by Gasteiger charge is 2.23. The van der Waals surface area contributed by atoms with Gasteiger partial charge in [0.1, 0.15) is 23.2 Å². The first-order chi connectivity index (χ1) is 12.1. The van der Waals surface area contributed by atoms with Crippen molar-refractivity contribution in [3.05, 3.63) is 47.7 Å². The van der Waals surface area contributed by atoms with Crippen molar-refractivity contribution in [2.75, 3.05) is 38.0 Å². The Labute approximate surface area is 146 Å². The molecular formula is C18H22FN5O. The van der Waals surface area contributed by atoms with Gasteiger partial charge in [-0.05, 0) is 25.6 Å². The highest BCUT2D eigenvalue weighted by Crippen LogP contribution is 2.19. The van der Waals surface area contributed by atoms with Crippen molar-refractivity contribution in [1.29, 1.82) is 0 Å². The molecule has 1 fully saturated rings. The summed E-state index contributed by atoms with van der Waals surface area (Å²) in [5, 5.41) is 2.92. The molecule has 3 rings (SSSR count). The highest BCUT2D eigenvalue weighted by molar-refractivity contribution is 5.93. The fourth-order valence-electron chi connectivity index (χ4n) is 2.87. The second-order valence-electron chi connectivity index (χ2n) is 6.02. The van der Waals surface area contributed by atoms with E-state index in [4.69, 9.17) is 0 Å². The predicted molar refractivity (Wildman–Crippen MR) is 94.5 cm³/mol. The minimum atomic E-state index is -0.373. The molecule has 0 atom stereocenters. The number of rotatable bonds is 4. The Morgan fingerprint density at radius 1 is 1.20 bits per heavy atom. The topological polar surface area (TPSA) is 61.4 Å². The van der Waals surface area contributed by atoms with Gasteiger partial charge in [-0.15, -0.1) is 0 Å². The average Bonchev–Trinajstić information content (AvgIpc) is 2.62. The van der Waals surface area contributed by atoms with Gasteiger partial charge in [0.05, 0.1) is 5.69 Å². The van der Waals surface area contributed by atoms with Gasteiger partial charge in [0.25, 0.3) is 5.91 Å². The van der Waals surface area contributed by atoms with Crippen LogP contribution in [0.15, 0.2) is 30.3 Å². The Kier molecular flexibility index (Phi) is 5.23. The maximum absolute atomic E-state index is 13.8. The summed E-state index contributed by atoms with van der Waals surface area (Å²) in [6, 6.07) is 7.93. The molecule has 0 radical (unpaired) electrons. The molecule has 132 valence electrons. The number of aromatic nitrogens is 2. The molecule has 0 saturated carbocycles. The quantitative estimate of drug-likeness (QED) is 0.924. The molecule has 1 aromatic carbocycles. The van der Waals surface area contributed by atoms with E-state index in [-0.39, 0.29) is 11.7 Å². The first-order valence-electron chi connectivity index (χ1n) is 8.45. The van der Waals surface area contributed by atoms with Crippen LogP contribution >= 0.6 is 0 Å². The predicted octanol–water partition coefficient (Wildman–Crippen LogP) is 2.45. The van der Waals surface area contributed by atoms with Crippen LogP contribution in [-0.2, 0) is 0 Å². The first-order valence-corrected chi connectivity index (χ1v) is 8.45. The minimum absolute atomic E-state index is 0.113. The lowest BCUT2D eigenvalue weighted by Gasteiger charge is -2.33. The lowest BCUT2D eigenvalue weighted by Crippen LogP contribution is -2.48. The van der Waals surface area contributed by atoms with Crippen LogP contribution in [0.25, 0.3) is 0 Å². The van der Waals surface area contributed by atoms with E-state index in [2.05, 4.69) is 27.1 Å². The number of nitrogens with zero attached hydrogens (tertiary/aromatic N) is 4. The Hall–Kier alpha value is -2.54. The number of aryl methyl sites for hydroxylation is 1. The van der Waals surface area contributed by atoms with Crippen LogP contribution < -0.4 is 5.32 Å². The van der Waals surface area contributed by atoms with Crippen molar-refractivity contribution in [2.24, 2.45) is 0 Å². The van der Waals surface area contributed by atoms with Gasteiger partial charge >= 0.3 is 0 Å². The van der Waals surface area contributed by atoms with Gasteiger partial charge in [-0.2, -0.15) is 0 Å². The molecule has 0 unspecified atom stereocenters. The molecular weight excluding hydrogens is 321 g/mol. The number of amides is 1. The number of hydrogen-bond donors (Lipinski definition) is 1. The normalized spacial score (nSPS) is 15.2. The van der Waals surface area contributed by atoms with Gasteiger partial charge in [-0.25, -0.2) is 14.4 Å². The fourth-order valence-corrected chi connectivity index (χ4v) is 2.87. The molecule has 1 aliphatic rings. The summed E-state index contributed by atoms with van der Waals surface area (Å²) < 4.78 is 13.8. The van der Waals surface area contributed by atoms with Crippen LogP contribution in [0.2, 0.25) is 0 Å². The number of hydrogen-bond acceptors (Lipinski definition) is 5. The number of para-hydroxylation sites is 1. The molecule has 1 saturated heterocycles. The number of carbonyl (C=O) groups is 1. The number of likely N-dealkylation sites (N-methyl/N-ethyl adjacent to an activating group) is 1. The second-order valence-corrected chi connectivity index (χ2v) is 6.02. The zero-order valence-electron chi connectivity index (χ0n) is 14.5. The summed E-state index contributed by atoms with van der Waals surface area (Å²) in [5.41, 5.74) is 0.645. The van der Waals surface area contributed by atoms with Gasteiger partial charge < -0.3 is 15.1 Å². The molecule has 6 nitrogen and oxygen atoms in total. The number of carbonyl (C=O) groups excluding carboxylic acids is 1. The monoisotopic (exact) mass is 343 g/mol. The van der Waals surface area contributed by atoms with Gasteiger partial charge in [0.2, 0.25) is 0 Å². The Balaban J connectivity index is 1.77. The van der Waals surface area contributed by atoms with E-state index in [1.54, 1.807) is 36.1 Å². The lowest BCUT2D eigenvalue weighted by atomic mass is 10.2. The molecule has 1 amide bonds. The largest absolute Gasteiger partial charge is 0.338 e. The molecule has 2 aromatic rings. The van der Waals surface area contributed by atoms with Gasteiger partial charge in [-0.1, -0.05) is 19.1 Å². The molecule has 0 aliphatic carbocycles. The minimum Gasteiger partial charge on any atom is -0.338 e. The molecule has 1 aliphatic heterocycles. The van der Waals surface area contributed by atoms with E-state index in [1.165, 1.54) is 6.07 Å². The fraction of sp³-hybridized carbons (Fsp3) is 0.389. The average molecular weight is 343 g/mol. The number of piperazine rings is 1. The zero-order valence-corrected chi connectivity index (χ0v) is 14.5. The number of halogens is 1. The molecule has 25 heavy (non-hydrogen) atoms.